The molecule has 1 aliphatic rings. The van der Waals surface area contributed by atoms with Gasteiger partial charge in [0.05, 0.1) is 29.0 Å². The third-order valence-corrected chi connectivity index (χ3v) is 5.28. The van der Waals surface area contributed by atoms with Gasteiger partial charge in [-0.15, -0.1) is 0 Å². The zero-order valence-corrected chi connectivity index (χ0v) is 17.4. The molecule has 0 saturated heterocycles. The molecule has 3 rings (SSSR count). The number of anilines is 1. The molecule has 2 aromatic rings. The van der Waals surface area contributed by atoms with E-state index in [1.165, 1.54) is 19.1 Å². The minimum atomic E-state index is -4.84. The number of aliphatic imine (C=N–C) groups is 1. The average Bonchev–Trinajstić information content (AvgIpc) is 2.70. The largest absolute Gasteiger partial charge is 0.495 e. The number of amidine groups is 1. The maximum absolute atomic E-state index is 14.7. The molecule has 2 atom stereocenters. The molecule has 1 amide bonds. The second-order valence-electron chi connectivity index (χ2n) is 7.34. The summed E-state index contributed by atoms with van der Waals surface area (Å²) in [6.45, 7) is 1.42. The van der Waals surface area contributed by atoms with Crippen LogP contribution >= 0.6 is 11.6 Å². The number of methoxy groups -OCH3 is 1. The molecule has 3 N–H and O–H groups in total. The summed E-state index contributed by atoms with van der Waals surface area (Å²) in [7, 11) is -2.75. The van der Waals surface area contributed by atoms with Crippen molar-refractivity contribution in [3.05, 3.63) is 52.6 Å². The van der Waals surface area contributed by atoms with Crippen molar-refractivity contribution in [1.82, 2.24) is 4.98 Å². The Morgan fingerprint density at radius 3 is 2.69 bits per heavy atom. The number of carbonyl (C=O) groups is 1. The van der Waals surface area contributed by atoms with Crippen molar-refractivity contribution in [2.24, 2.45) is 10.7 Å². The minimum Gasteiger partial charge on any atom is -0.495 e. The van der Waals surface area contributed by atoms with Crippen LogP contribution in [0.3, 0.4) is 0 Å². The normalized spacial score (nSPS) is 25.2. The number of hydrogen-bond acceptors (Lipinski definition) is 6. The minimum absolute atomic E-state index is 0.0474. The average molecular weight is 478 g/mol. The summed E-state index contributed by atoms with van der Waals surface area (Å²) in [6, 6.07) is 4.45. The molecule has 1 aromatic heterocycles. The molecule has 32 heavy (non-hydrogen) atoms. The molecule has 0 bridgehead atoms. The zero-order chi connectivity index (χ0) is 26.4. The van der Waals surface area contributed by atoms with Crippen LogP contribution in [-0.2, 0) is 10.3 Å². The lowest BCUT2D eigenvalue weighted by atomic mass is 9.89. The molecule has 0 saturated carbocycles. The zero-order valence-electron chi connectivity index (χ0n) is 19.7. The predicted molar refractivity (Wildman–Crippen MR) is 110 cm³/mol. The molecule has 0 radical (unpaired) electrons. The van der Waals surface area contributed by atoms with Crippen molar-refractivity contribution in [2.45, 2.75) is 31.2 Å². The van der Waals surface area contributed by atoms with E-state index in [2.05, 4.69) is 20.0 Å². The van der Waals surface area contributed by atoms with Crippen molar-refractivity contribution in [3.8, 4) is 5.75 Å². The maximum Gasteiger partial charge on any atom is 0.424 e. The van der Waals surface area contributed by atoms with Crippen molar-refractivity contribution < 1.29 is 35.9 Å². The SMILES string of the molecule is [2H]C([2H])([2H])Oc1cnc(C(=O)Nc2ccc(F)c(C3(C)COC(C)(C(F)(F)F)C(N)=N3)c2)c(Cl)c1. The lowest BCUT2D eigenvalue weighted by Gasteiger charge is -2.41. The van der Waals surface area contributed by atoms with Gasteiger partial charge in [0.2, 0.25) is 5.60 Å². The lowest BCUT2D eigenvalue weighted by molar-refractivity contribution is -0.249. The Morgan fingerprint density at radius 1 is 1.38 bits per heavy atom. The van der Waals surface area contributed by atoms with E-state index < -0.39 is 48.5 Å². The highest BCUT2D eigenvalue weighted by molar-refractivity contribution is 6.34. The highest BCUT2D eigenvalue weighted by atomic mass is 35.5. The van der Waals surface area contributed by atoms with Gasteiger partial charge in [-0.25, -0.2) is 9.37 Å². The molecule has 0 aliphatic carbocycles. The molecule has 1 aromatic carbocycles. The van der Waals surface area contributed by atoms with Crippen LogP contribution in [0.4, 0.5) is 23.2 Å². The Morgan fingerprint density at radius 2 is 2.09 bits per heavy atom. The van der Waals surface area contributed by atoms with E-state index >= 15 is 0 Å². The first-order chi connectivity index (χ1) is 15.9. The van der Waals surface area contributed by atoms with Crippen LogP contribution in [0.25, 0.3) is 0 Å². The predicted octanol–water partition coefficient (Wildman–Crippen LogP) is 4.06. The molecule has 1 aliphatic heterocycles. The Bertz CT molecular complexity index is 1200. The van der Waals surface area contributed by atoms with Crippen LogP contribution in [0.1, 0.15) is 34.0 Å². The number of carbonyl (C=O) groups excluding carboxylic acids is 1. The van der Waals surface area contributed by atoms with E-state index in [0.29, 0.717) is 0 Å². The second-order valence-corrected chi connectivity index (χ2v) is 7.75. The first-order valence-electron chi connectivity index (χ1n) is 10.5. The van der Waals surface area contributed by atoms with E-state index in [1.807, 2.05) is 0 Å². The topological polar surface area (TPSA) is 98.8 Å². The molecule has 0 spiro atoms. The van der Waals surface area contributed by atoms with Gasteiger partial charge < -0.3 is 20.5 Å². The van der Waals surface area contributed by atoms with Gasteiger partial charge in [0.25, 0.3) is 5.91 Å². The number of amides is 1. The van der Waals surface area contributed by atoms with E-state index in [0.717, 1.165) is 25.3 Å². The van der Waals surface area contributed by atoms with Gasteiger partial charge in [0, 0.05) is 17.3 Å². The summed E-state index contributed by atoms with van der Waals surface area (Å²) in [5, 5.41) is 2.22. The van der Waals surface area contributed by atoms with Gasteiger partial charge in [-0.3, -0.25) is 9.79 Å². The first kappa shape index (κ1) is 19.7. The van der Waals surface area contributed by atoms with Gasteiger partial charge in [-0.05, 0) is 32.0 Å². The van der Waals surface area contributed by atoms with Gasteiger partial charge in [-0.2, -0.15) is 13.2 Å². The molecule has 2 heterocycles. The van der Waals surface area contributed by atoms with Crippen molar-refractivity contribution >= 4 is 29.0 Å². The van der Waals surface area contributed by atoms with Gasteiger partial charge in [-0.1, -0.05) is 11.6 Å². The highest BCUT2D eigenvalue weighted by Crippen LogP contribution is 2.41. The van der Waals surface area contributed by atoms with Crippen LogP contribution in [0, 0.1) is 5.82 Å². The highest BCUT2D eigenvalue weighted by Gasteiger charge is 2.59. The number of benzene rings is 1. The molecule has 7 nitrogen and oxygen atoms in total. The summed E-state index contributed by atoms with van der Waals surface area (Å²) < 4.78 is 85.6. The lowest BCUT2D eigenvalue weighted by Crippen LogP contribution is -2.60. The Balaban J connectivity index is 1.88. The monoisotopic (exact) mass is 477 g/mol. The second kappa shape index (κ2) is 8.21. The Hall–Kier alpha value is -2.92. The number of alkyl halides is 3. The van der Waals surface area contributed by atoms with E-state index in [1.54, 1.807) is 0 Å². The van der Waals surface area contributed by atoms with Crippen LogP contribution < -0.4 is 15.8 Å². The number of ether oxygens (including phenoxy) is 2. The number of hydrogen-bond donors (Lipinski definition) is 2. The van der Waals surface area contributed by atoms with Crippen molar-refractivity contribution in [2.75, 3.05) is 19.0 Å². The Labute approximate surface area is 189 Å². The van der Waals surface area contributed by atoms with E-state index in [4.69, 9.17) is 26.2 Å². The first-order valence-corrected chi connectivity index (χ1v) is 9.35. The Kier molecular flexibility index (Phi) is 5.07. The fourth-order valence-electron chi connectivity index (χ4n) is 2.98. The van der Waals surface area contributed by atoms with Crippen molar-refractivity contribution in [3.63, 3.8) is 0 Å². The number of nitrogens with two attached hydrogens (primary N) is 1. The number of nitrogens with one attached hydrogen (secondary N) is 1. The van der Waals surface area contributed by atoms with Crippen molar-refractivity contribution in [1.29, 1.82) is 0 Å². The van der Waals surface area contributed by atoms with E-state index in [-0.39, 0.29) is 27.7 Å². The number of pyridine rings is 1. The standard InChI is InChI=1S/C20H19ClF4N4O3/c1-18(9-32-19(2,17(26)29-18)20(23,24)25)12-6-10(4-5-14(12)22)28-16(30)15-13(21)7-11(31-3)8-27-15/h4-8H,9H2,1-3H3,(H2,26,29)(H,28,30)/i3D3. The molecule has 172 valence electrons. The third-order valence-electron chi connectivity index (χ3n) is 4.99. The molecule has 2 unspecified atom stereocenters. The number of rotatable bonds is 4. The smallest absolute Gasteiger partial charge is 0.424 e. The summed E-state index contributed by atoms with van der Waals surface area (Å²) in [6.07, 6.45) is -3.86. The maximum atomic E-state index is 14.7. The fraction of sp³-hybridized carbons (Fsp3) is 0.350. The van der Waals surface area contributed by atoms with Crippen LogP contribution in [0.2, 0.25) is 5.02 Å². The summed E-state index contributed by atoms with van der Waals surface area (Å²) in [5.41, 5.74) is 0.704. The van der Waals surface area contributed by atoms with Gasteiger partial charge >= 0.3 is 6.18 Å². The summed E-state index contributed by atoms with van der Waals surface area (Å²) >= 11 is 6.01. The number of nitrogens with zero attached hydrogens (tertiary/aromatic N) is 2. The fourth-order valence-corrected chi connectivity index (χ4v) is 3.22. The third kappa shape index (κ3) is 4.22. The van der Waals surface area contributed by atoms with Crippen LogP contribution in [0.5, 0.6) is 5.75 Å². The van der Waals surface area contributed by atoms with Gasteiger partial charge in [0.1, 0.15) is 28.6 Å². The summed E-state index contributed by atoms with van der Waals surface area (Å²) in [5.74, 6) is -2.71. The molecule has 12 heteroatoms. The molecular weight excluding hydrogens is 456 g/mol. The quantitative estimate of drug-likeness (QED) is 0.647. The van der Waals surface area contributed by atoms with E-state index in [9.17, 15) is 22.4 Å². The molecule has 0 fully saturated rings. The summed E-state index contributed by atoms with van der Waals surface area (Å²) in [4.78, 5) is 20.3. The van der Waals surface area contributed by atoms with Gasteiger partial charge in [0.15, 0.2) is 0 Å². The van der Waals surface area contributed by atoms with Crippen LogP contribution in [0.15, 0.2) is 35.5 Å². The van der Waals surface area contributed by atoms with Crippen LogP contribution in [-0.4, -0.2) is 42.1 Å². The molecular formula is C20H19ClF4N4O3. The number of halogens is 5. The number of aromatic nitrogens is 1.